The number of aromatic nitrogens is 2. The van der Waals surface area contributed by atoms with Crippen LogP contribution in [-0.2, 0) is 4.74 Å². The van der Waals surface area contributed by atoms with Gasteiger partial charge in [-0.25, -0.2) is 14.8 Å². The molecule has 0 bridgehead atoms. The lowest BCUT2D eigenvalue weighted by Crippen LogP contribution is -2.50. The van der Waals surface area contributed by atoms with E-state index < -0.39 is 5.60 Å². The van der Waals surface area contributed by atoms with Crippen LogP contribution >= 0.6 is 11.8 Å². The van der Waals surface area contributed by atoms with Crippen molar-refractivity contribution < 1.29 is 9.53 Å². The first-order valence-electron chi connectivity index (χ1n) is 7.41. The van der Waals surface area contributed by atoms with Gasteiger partial charge in [-0.05, 0) is 34.0 Å². The Hall–Kier alpha value is -1.50. The minimum Gasteiger partial charge on any atom is -0.444 e. The number of anilines is 1. The van der Waals surface area contributed by atoms with E-state index in [1.807, 2.05) is 40.0 Å². The van der Waals surface area contributed by atoms with Crippen molar-refractivity contribution in [3.05, 3.63) is 11.8 Å². The van der Waals surface area contributed by atoms with E-state index in [1.54, 1.807) is 4.90 Å². The Morgan fingerprint density at radius 1 is 1.23 bits per heavy atom. The molecular formula is C15H24N4O2S. The van der Waals surface area contributed by atoms with Gasteiger partial charge in [0, 0.05) is 37.9 Å². The summed E-state index contributed by atoms with van der Waals surface area (Å²) >= 11 is 1.54. The zero-order valence-electron chi connectivity index (χ0n) is 13.9. The van der Waals surface area contributed by atoms with Crippen LogP contribution in [0.2, 0.25) is 0 Å². The van der Waals surface area contributed by atoms with E-state index in [2.05, 4.69) is 14.9 Å². The van der Waals surface area contributed by atoms with Crippen LogP contribution in [0.5, 0.6) is 0 Å². The number of hydrogen-bond acceptors (Lipinski definition) is 6. The molecule has 7 heteroatoms. The largest absolute Gasteiger partial charge is 0.444 e. The molecule has 0 spiro atoms. The minimum atomic E-state index is -0.453. The maximum atomic E-state index is 12.1. The summed E-state index contributed by atoms with van der Waals surface area (Å²) in [5, 5.41) is 0.782. The molecule has 0 atom stereocenters. The lowest BCUT2D eigenvalue weighted by atomic mass is 10.2. The molecule has 6 nitrogen and oxygen atoms in total. The average Bonchev–Trinajstić information content (AvgIpc) is 2.45. The lowest BCUT2D eigenvalue weighted by molar-refractivity contribution is 0.0240. The third kappa shape index (κ3) is 4.50. The summed E-state index contributed by atoms with van der Waals surface area (Å²) in [7, 11) is 0. The summed E-state index contributed by atoms with van der Waals surface area (Å²) in [5.74, 6) is 0.931. The lowest BCUT2D eigenvalue weighted by Gasteiger charge is -2.36. The molecule has 0 unspecified atom stereocenters. The zero-order valence-corrected chi connectivity index (χ0v) is 14.7. The van der Waals surface area contributed by atoms with Gasteiger partial charge in [0.25, 0.3) is 0 Å². The Balaban J connectivity index is 1.97. The van der Waals surface area contributed by atoms with E-state index >= 15 is 0 Å². The van der Waals surface area contributed by atoms with Gasteiger partial charge >= 0.3 is 6.09 Å². The van der Waals surface area contributed by atoms with E-state index in [9.17, 15) is 4.79 Å². The molecule has 2 rings (SSSR count). The van der Waals surface area contributed by atoms with Crippen molar-refractivity contribution >= 4 is 23.7 Å². The van der Waals surface area contributed by atoms with Crippen LogP contribution in [0.25, 0.3) is 0 Å². The quantitative estimate of drug-likeness (QED) is 0.615. The number of thioether (sulfide) groups is 1. The van der Waals surface area contributed by atoms with Gasteiger partial charge in [-0.15, -0.1) is 0 Å². The number of ether oxygens (including phenoxy) is 1. The molecule has 122 valence electrons. The van der Waals surface area contributed by atoms with Crippen molar-refractivity contribution in [1.29, 1.82) is 0 Å². The number of amides is 1. The molecule has 0 radical (unpaired) electrons. The number of carbonyl (C=O) groups is 1. The van der Waals surface area contributed by atoms with Crippen LogP contribution < -0.4 is 4.90 Å². The molecule has 1 aliphatic rings. The van der Waals surface area contributed by atoms with Gasteiger partial charge in [0.2, 0.25) is 0 Å². The van der Waals surface area contributed by atoms with Gasteiger partial charge < -0.3 is 14.5 Å². The van der Waals surface area contributed by atoms with Crippen molar-refractivity contribution in [3.63, 3.8) is 0 Å². The first kappa shape index (κ1) is 16.9. The highest BCUT2D eigenvalue weighted by molar-refractivity contribution is 7.98. The van der Waals surface area contributed by atoms with Crippen molar-refractivity contribution in [2.45, 2.75) is 38.5 Å². The summed E-state index contributed by atoms with van der Waals surface area (Å²) in [6.07, 6.45) is 1.73. The number of carbonyl (C=O) groups excluding carboxylic acids is 1. The molecule has 0 aliphatic carbocycles. The molecule has 2 heterocycles. The average molecular weight is 324 g/mol. The van der Waals surface area contributed by atoms with Crippen molar-refractivity contribution in [2.75, 3.05) is 37.3 Å². The summed E-state index contributed by atoms with van der Waals surface area (Å²) in [5.41, 5.74) is 0.509. The van der Waals surface area contributed by atoms with E-state index in [1.165, 1.54) is 11.8 Å². The topological polar surface area (TPSA) is 58.6 Å². The smallest absolute Gasteiger partial charge is 0.410 e. The van der Waals surface area contributed by atoms with E-state index in [4.69, 9.17) is 4.74 Å². The highest BCUT2D eigenvalue weighted by Gasteiger charge is 2.26. The molecule has 0 N–H and O–H groups in total. The van der Waals surface area contributed by atoms with Gasteiger partial charge in [0.15, 0.2) is 5.16 Å². The van der Waals surface area contributed by atoms with Crippen LogP contribution in [0.4, 0.5) is 10.6 Å². The van der Waals surface area contributed by atoms with E-state index in [-0.39, 0.29) is 6.09 Å². The van der Waals surface area contributed by atoms with E-state index in [0.29, 0.717) is 13.1 Å². The highest BCUT2D eigenvalue weighted by Crippen LogP contribution is 2.19. The Morgan fingerprint density at radius 2 is 1.86 bits per heavy atom. The predicted molar refractivity (Wildman–Crippen MR) is 88.6 cm³/mol. The van der Waals surface area contributed by atoms with Crippen molar-refractivity contribution in [1.82, 2.24) is 14.9 Å². The Kier molecular flexibility index (Phi) is 5.16. The highest BCUT2D eigenvalue weighted by atomic mass is 32.2. The number of aryl methyl sites for hydroxylation is 1. The third-order valence-electron chi connectivity index (χ3n) is 3.26. The third-order valence-corrected chi connectivity index (χ3v) is 3.81. The monoisotopic (exact) mass is 324 g/mol. The number of nitrogens with zero attached hydrogens (tertiary/aromatic N) is 4. The normalized spacial score (nSPS) is 15.9. The molecular weight excluding hydrogens is 300 g/mol. The molecule has 0 aromatic carbocycles. The van der Waals surface area contributed by atoms with Crippen LogP contribution in [0.1, 0.15) is 26.5 Å². The number of piperazine rings is 1. The van der Waals surface area contributed by atoms with Crippen LogP contribution in [0, 0.1) is 6.92 Å². The van der Waals surface area contributed by atoms with Crippen LogP contribution in [0.3, 0.4) is 0 Å². The maximum Gasteiger partial charge on any atom is 0.410 e. The van der Waals surface area contributed by atoms with Crippen molar-refractivity contribution in [3.8, 4) is 0 Å². The Bertz CT molecular complexity index is 537. The van der Waals surface area contributed by atoms with Gasteiger partial charge in [0.05, 0.1) is 0 Å². The zero-order chi connectivity index (χ0) is 16.3. The fraction of sp³-hybridized carbons (Fsp3) is 0.667. The minimum absolute atomic E-state index is 0.240. The maximum absolute atomic E-state index is 12.1. The fourth-order valence-corrected chi connectivity index (χ4v) is 2.64. The molecule has 1 aromatic heterocycles. The van der Waals surface area contributed by atoms with Crippen LogP contribution in [-0.4, -0.2) is 59.0 Å². The first-order valence-corrected chi connectivity index (χ1v) is 8.63. The standard InChI is InChI=1S/C15H24N4O2S/c1-11-10-12(17-13(16-11)22-5)18-6-8-19(9-7-18)14(20)21-15(2,3)4/h10H,6-9H2,1-5H3. The van der Waals surface area contributed by atoms with Crippen molar-refractivity contribution in [2.24, 2.45) is 0 Å². The number of hydrogen-bond donors (Lipinski definition) is 0. The summed E-state index contributed by atoms with van der Waals surface area (Å²) in [6.45, 7) is 10.4. The van der Waals surface area contributed by atoms with Gasteiger partial charge in [-0.3, -0.25) is 0 Å². The molecule has 22 heavy (non-hydrogen) atoms. The summed E-state index contributed by atoms with van der Waals surface area (Å²) in [6, 6.07) is 1.99. The molecule has 1 aromatic rings. The predicted octanol–water partition coefficient (Wildman–Crippen LogP) is 2.56. The Morgan fingerprint density at radius 3 is 2.41 bits per heavy atom. The van der Waals surface area contributed by atoms with Crippen LogP contribution in [0.15, 0.2) is 11.2 Å². The summed E-state index contributed by atoms with van der Waals surface area (Å²) in [4.78, 5) is 24.9. The molecule has 1 saturated heterocycles. The second-order valence-corrected chi connectivity index (χ2v) is 7.08. The summed E-state index contributed by atoms with van der Waals surface area (Å²) < 4.78 is 5.41. The van der Waals surface area contributed by atoms with E-state index in [0.717, 1.165) is 29.8 Å². The molecule has 1 fully saturated rings. The van der Waals surface area contributed by atoms with Gasteiger partial charge in [0.1, 0.15) is 11.4 Å². The van der Waals surface area contributed by atoms with Gasteiger partial charge in [-0.2, -0.15) is 0 Å². The fourth-order valence-electron chi connectivity index (χ4n) is 2.22. The second-order valence-electron chi connectivity index (χ2n) is 6.31. The number of rotatable bonds is 2. The SMILES string of the molecule is CSc1nc(C)cc(N2CCN(C(=O)OC(C)(C)C)CC2)n1. The first-order chi connectivity index (χ1) is 10.3. The molecule has 1 aliphatic heterocycles. The molecule has 1 amide bonds. The Labute approximate surface area is 136 Å². The molecule has 0 saturated carbocycles. The van der Waals surface area contributed by atoms with Gasteiger partial charge in [-0.1, -0.05) is 11.8 Å². The second kappa shape index (κ2) is 6.73.